The minimum Gasteiger partial charge on any atom is -0.369 e. The Morgan fingerprint density at radius 2 is 2.38 bits per heavy atom. The van der Waals surface area contributed by atoms with E-state index in [-0.39, 0.29) is 0 Å². The van der Waals surface area contributed by atoms with Crippen molar-refractivity contribution in [2.45, 2.75) is 19.4 Å². The average Bonchev–Trinajstić information content (AvgIpc) is 3.08. The molecule has 0 radical (unpaired) electrons. The lowest BCUT2D eigenvalue weighted by atomic mass is 10.2. The van der Waals surface area contributed by atoms with E-state index in [2.05, 4.69) is 31.1 Å². The summed E-state index contributed by atoms with van der Waals surface area (Å²) < 4.78 is 0.931. The third kappa shape index (κ3) is 3.27. The molecule has 1 atom stereocenters. The number of thiazole rings is 1. The summed E-state index contributed by atoms with van der Waals surface area (Å²) in [7, 11) is 0. The molecule has 0 unspecified atom stereocenters. The zero-order chi connectivity index (χ0) is 14.8. The molecule has 2 heterocycles. The first-order chi connectivity index (χ1) is 10.2. The highest BCUT2D eigenvalue weighted by atomic mass is 79.9. The van der Waals surface area contributed by atoms with Crippen LogP contribution in [0.2, 0.25) is 0 Å². The summed E-state index contributed by atoms with van der Waals surface area (Å²) in [6.07, 6.45) is 1.97. The number of benzene rings is 1. The monoisotopic (exact) mass is 365 g/mol. The Bertz CT molecular complexity index is 658. The van der Waals surface area contributed by atoms with Gasteiger partial charge in [-0.3, -0.25) is 4.79 Å². The maximum absolute atomic E-state index is 11.2. The van der Waals surface area contributed by atoms with E-state index in [4.69, 9.17) is 0 Å². The van der Waals surface area contributed by atoms with E-state index in [1.54, 1.807) is 11.3 Å². The Morgan fingerprint density at radius 1 is 1.52 bits per heavy atom. The van der Waals surface area contributed by atoms with Gasteiger partial charge in [-0.05, 0) is 31.5 Å². The van der Waals surface area contributed by atoms with Crippen LogP contribution < -0.4 is 10.2 Å². The number of nitrogens with zero attached hydrogens (tertiary/aromatic N) is 2. The molecule has 3 rings (SSSR count). The quantitative estimate of drug-likeness (QED) is 0.838. The SMILES string of the molecule is Cc1csc(N[C@H]2CCN(c3ccc(Br)cc3C=O)C2)n1. The van der Waals surface area contributed by atoms with Gasteiger partial charge in [0.15, 0.2) is 11.4 Å². The van der Waals surface area contributed by atoms with Crippen LogP contribution in [0.3, 0.4) is 0 Å². The molecule has 0 amide bonds. The van der Waals surface area contributed by atoms with Gasteiger partial charge < -0.3 is 10.2 Å². The van der Waals surface area contributed by atoms with Crippen molar-refractivity contribution >= 4 is 44.4 Å². The van der Waals surface area contributed by atoms with E-state index in [9.17, 15) is 4.79 Å². The van der Waals surface area contributed by atoms with Crippen molar-refractivity contribution < 1.29 is 4.79 Å². The van der Waals surface area contributed by atoms with Crippen LogP contribution in [0.15, 0.2) is 28.1 Å². The van der Waals surface area contributed by atoms with E-state index < -0.39 is 0 Å². The maximum Gasteiger partial charge on any atom is 0.183 e. The van der Waals surface area contributed by atoms with Crippen molar-refractivity contribution in [3.05, 3.63) is 39.3 Å². The Labute approximate surface area is 136 Å². The average molecular weight is 366 g/mol. The number of rotatable bonds is 4. The molecule has 0 aliphatic carbocycles. The topological polar surface area (TPSA) is 45.2 Å². The zero-order valence-electron chi connectivity index (χ0n) is 11.7. The zero-order valence-corrected chi connectivity index (χ0v) is 14.1. The first-order valence-corrected chi connectivity index (χ1v) is 8.51. The van der Waals surface area contributed by atoms with Gasteiger partial charge in [-0.2, -0.15) is 0 Å². The molecular formula is C15H16BrN3OS. The Balaban J connectivity index is 1.70. The van der Waals surface area contributed by atoms with Crippen LogP contribution in [0.4, 0.5) is 10.8 Å². The number of aromatic nitrogens is 1. The molecule has 0 spiro atoms. The molecule has 1 aliphatic heterocycles. The van der Waals surface area contributed by atoms with Gasteiger partial charge in [-0.25, -0.2) is 4.98 Å². The minimum absolute atomic E-state index is 0.374. The molecule has 1 aliphatic rings. The molecule has 4 nitrogen and oxygen atoms in total. The number of aldehydes is 1. The van der Waals surface area contributed by atoms with Crippen molar-refractivity contribution in [3.8, 4) is 0 Å². The van der Waals surface area contributed by atoms with Gasteiger partial charge >= 0.3 is 0 Å². The predicted molar refractivity (Wildman–Crippen MR) is 90.6 cm³/mol. The number of hydrogen-bond donors (Lipinski definition) is 1. The van der Waals surface area contributed by atoms with E-state index >= 15 is 0 Å². The van der Waals surface area contributed by atoms with Crippen LogP contribution in [0.5, 0.6) is 0 Å². The van der Waals surface area contributed by atoms with Crippen LogP contribution in [-0.2, 0) is 0 Å². The highest BCUT2D eigenvalue weighted by Gasteiger charge is 2.24. The van der Waals surface area contributed by atoms with Gasteiger partial charge in [0.05, 0.1) is 5.69 Å². The Morgan fingerprint density at radius 3 is 3.10 bits per heavy atom. The van der Waals surface area contributed by atoms with Gasteiger partial charge in [-0.1, -0.05) is 15.9 Å². The van der Waals surface area contributed by atoms with Crippen molar-refractivity contribution in [2.75, 3.05) is 23.3 Å². The second kappa shape index (κ2) is 6.15. The molecule has 0 saturated carbocycles. The molecule has 2 aromatic rings. The van der Waals surface area contributed by atoms with Crippen molar-refractivity contribution in [3.63, 3.8) is 0 Å². The summed E-state index contributed by atoms with van der Waals surface area (Å²) in [5, 5.41) is 6.51. The molecule has 110 valence electrons. The molecule has 1 fully saturated rings. The van der Waals surface area contributed by atoms with Crippen molar-refractivity contribution in [2.24, 2.45) is 0 Å². The summed E-state index contributed by atoms with van der Waals surface area (Å²) in [6, 6.07) is 6.23. The van der Waals surface area contributed by atoms with Crippen LogP contribution in [0, 0.1) is 6.92 Å². The highest BCUT2D eigenvalue weighted by Crippen LogP contribution is 2.28. The summed E-state index contributed by atoms with van der Waals surface area (Å²) in [5.41, 5.74) is 2.79. The number of aryl methyl sites for hydroxylation is 1. The fourth-order valence-corrected chi connectivity index (χ4v) is 3.74. The molecule has 21 heavy (non-hydrogen) atoms. The smallest absolute Gasteiger partial charge is 0.183 e. The summed E-state index contributed by atoms with van der Waals surface area (Å²) >= 11 is 5.05. The Hall–Kier alpha value is -1.40. The largest absolute Gasteiger partial charge is 0.369 e. The molecular weight excluding hydrogens is 350 g/mol. The number of carbonyl (C=O) groups is 1. The number of anilines is 2. The van der Waals surface area contributed by atoms with Crippen molar-refractivity contribution in [1.82, 2.24) is 4.98 Å². The standard InChI is InChI=1S/C15H16BrN3OS/c1-10-9-21-15(17-10)18-13-4-5-19(7-13)14-3-2-12(16)6-11(14)8-20/h2-3,6,8-9,13H,4-5,7H2,1H3,(H,17,18)/t13-/m0/s1. The lowest BCUT2D eigenvalue weighted by Gasteiger charge is -2.20. The highest BCUT2D eigenvalue weighted by molar-refractivity contribution is 9.10. The minimum atomic E-state index is 0.374. The first kappa shape index (κ1) is 14.5. The summed E-state index contributed by atoms with van der Waals surface area (Å²) in [6.45, 7) is 3.84. The fraction of sp³-hybridized carbons (Fsp3) is 0.333. The third-order valence-electron chi connectivity index (χ3n) is 3.59. The van der Waals surface area contributed by atoms with Crippen LogP contribution in [0.25, 0.3) is 0 Å². The lowest BCUT2D eigenvalue weighted by Crippen LogP contribution is -2.26. The van der Waals surface area contributed by atoms with Gasteiger partial charge in [-0.15, -0.1) is 11.3 Å². The first-order valence-electron chi connectivity index (χ1n) is 6.84. The fourth-order valence-electron chi connectivity index (χ4n) is 2.60. The second-order valence-corrected chi connectivity index (χ2v) is 6.96. The number of halogens is 1. The molecule has 1 aromatic heterocycles. The van der Waals surface area contributed by atoms with E-state index in [0.717, 1.165) is 52.3 Å². The number of nitrogens with one attached hydrogen (secondary N) is 1. The summed E-state index contributed by atoms with van der Waals surface area (Å²) in [4.78, 5) is 17.9. The van der Waals surface area contributed by atoms with E-state index in [1.165, 1.54) is 0 Å². The van der Waals surface area contributed by atoms with Gasteiger partial charge in [0.1, 0.15) is 0 Å². The normalized spacial score (nSPS) is 18.0. The molecule has 1 N–H and O–H groups in total. The second-order valence-electron chi connectivity index (χ2n) is 5.19. The van der Waals surface area contributed by atoms with Crippen LogP contribution in [-0.4, -0.2) is 30.4 Å². The number of carbonyl (C=O) groups excluding carboxylic acids is 1. The van der Waals surface area contributed by atoms with Gasteiger partial charge in [0.25, 0.3) is 0 Å². The molecule has 0 bridgehead atoms. The van der Waals surface area contributed by atoms with E-state index in [0.29, 0.717) is 6.04 Å². The molecule has 1 saturated heterocycles. The molecule has 6 heteroatoms. The number of hydrogen-bond acceptors (Lipinski definition) is 5. The summed E-state index contributed by atoms with van der Waals surface area (Å²) in [5.74, 6) is 0. The lowest BCUT2D eigenvalue weighted by molar-refractivity contribution is 0.112. The molecule has 1 aromatic carbocycles. The Kier molecular flexibility index (Phi) is 4.26. The van der Waals surface area contributed by atoms with Gasteiger partial charge in [0, 0.05) is 40.2 Å². The maximum atomic E-state index is 11.2. The van der Waals surface area contributed by atoms with Gasteiger partial charge in [0.2, 0.25) is 0 Å². The predicted octanol–water partition coefficient (Wildman–Crippen LogP) is 3.72. The van der Waals surface area contributed by atoms with Crippen LogP contribution >= 0.6 is 27.3 Å². The van der Waals surface area contributed by atoms with E-state index in [1.807, 2.05) is 30.5 Å². The third-order valence-corrected chi connectivity index (χ3v) is 4.98. The van der Waals surface area contributed by atoms with Crippen molar-refractivity contribution in [1.29, 1.82) is 0 Å². The van der Waals surface area contributed by atoms with Crippen LogP contribution in [0.1, 0.15) is 22.5 Å².